The van der Waals surface area contributed by atoms with Crippen LogP contribution in [0.2, 0.25) is 0 Å². The Labute approximate surface area is 146 Å². The zero-order valence-corrected chi connectivity index (χ0v) is 14.5. The summed E-state index contributed by atoms with van der Waals surface area (Å²) in [7, 11) is 3.43. The van der Waals surface area contributed by atoms with Gasteiger partial charge in [0.15, 0.2) is 11.5 Å². The molecule has 0 saturated carbocycles. The van der Waals surface area contributed by atoms with Crippen LogP contribution in [-0.2, 0) is 9.53 Å². The number of β-amino-alcohol motifs (C(OH)–C–C–N with tert-alkyl or cyclic N) is 1. The average molecular weight is 352 g/mol. The molecule has 2 heterocycles. The molecule has 1 amide bonds. The summed E-state index contributed by atoms with van der Waals surface area (Å²) in [5.41, 5.74) is 0. The van der Waals surface area contributed by atoms with Crippen molar-refractivity contribution in [3.05, 3.63) is 18.2 Å². The highest BCUT2D eigenvalue weighted by Gasteiger charge is 2.31. The minimum atomic E-state index is -0.721. The maximum Gasteiger partial charge on any atom is 0.241 e. The molecule has 2 aliphatic heterocycles. The van der Waals surface area contributed by atoms with Gasteiger partial charge in [0.1, 0.15) is 24.5 Å². The summed E-state index contributed by atoms with van der Waals surface area (Å²) in [5.74, 6) is 1.90. The quantitative estimate of drug-likeness (QED) is 0.768. The largest absolute Gasteiger partial charge is 0.491 e. The molecule has 138 valence electrons. The number of amides is 1. The summed E-state index contributed by atoms with van der Waals surface area (Å²) in [5, 5.41) is 10.3. The van der Waals surface area contributed by atoms with E-state index in [0.29, 0.717) is 43.6 Å². The van der Waals surface area contributed by atoms with Gasteiger partial charge in [0.05, 0.1) is 13.2 Å². The van der Waals surface area contributed by atoms with Crippen molar-refractivity contribution in [1.29, 1.82) is 0 Å². The number of benzene rings is 1. The Morgan fingerprint density at radius 1 is 1.40 bits per heavy atom. The Balaban J connectivity index is 1.52. The molecule has 8 nitrogen and oxygen atoms in total. The highest BCUT2D eigenvalue weighted by Crippen LogP contribution is 2.35. The zero-order chi connectivity index (χ0) is 17.8. The second kappa shape index (κ2) is 7.90. The topological polar surface area (TPSA) is 80.7 Å². The van der Waals surface area contributed by atoms with Crippen molar-refractivity contribution in [2.45, 2.75) is 12.1 Å². The highest BCUT2D eigenvalue weighted by atomic mass is 16.7. The van der Waals surface area contributed by atoms with Crippen molar-refractivity contribution < 1.29 is 28.8 Å². The molecule has 1 N–H and O–H groups in total. The Morgan fingerprint density at radius 2 is 2.20 bits per heavy atom. The van der Waals surface area contributed by atoms with E-state index in [4.69, 9.17) is 18.9 Å². The number of aliphatic hydroxyl groups excluding tert-OH is 1. The summed E-state index contributed by atoms with van der Waals surface area (Å²) >= 11 is 0. The summed E-state index contributed by atoms with van der Waals surface area (Å²) in [6, 6.07) is 4.91. The molecule has 25 heavy (non-hydrogen) atoms. The van der Waals surface area contributed by atoms with E-state index in [1.165, 1.54) is 0 Å². The van der Waals surface area contributed by atoms with Crippen LogP contribution in [0.15, 0.2) is 18.2 Å². The molecule has 0 aliphatic carbocycles. The molecule has 8 heteroatoms. The van der Waals surface area contributed by atoms with Crippen LogP contribution in [0.5, 0.6) is 17.2 Å². The third-order valence-corrected chi connectivity index (χ3v) is 4.20. The van der Waals surface area contributed by atoms with Crippen LogP contribution in [0.25, 0.3) is 0 Å². The van der Waals surface area contributed by atoms with E-state index >= 15 is 0 Å². The SMILES string of the molecule is CN(C)C(=O)C1COCCN1CC(O)COc1ccc2c(c1)OCO2. The lowest BCUT2D eigenvalue weighted by Crippen LogP contribution is -2.55. The molecule has 1 aromatic carbocycles. The Morgan fingerprint density at radius 3 is 3.00 bits per heavy atom. The predicted molar refractivity (Wildman–Crippen MR) is 88.9 cm³/mol. The summed E-state index contributed by atoms with van der Waals surface area (Å²) in [4.78, 5) is 15.7. The van der Waals surface area contributed by atoms with Crippen LogP contribution in [0.1, 0.15) is 0 Å². The van der Waals surface area contributed by atoms with Gasteiger partial charge >= 0.3 is 0 Å². The smallest absolute Gasteiger partial charge is 0.241 e. The van der Waals surface area contributed by atoms with Crippen molar-refractivity contribution in [2.75, 3.05) is 53.8 Å². The van der Waals surface area contributed by atoms with Crippen molar-refractivity contribution >= 4 is 5.91 Å². The minimum absolute atomic E-state index is 0.0245. The fourth-order valence-electron chi connectivity index (χ4n) is 2.86. The first-order chi connectivity index (χ1) is 12.0. The van der Waals surface area contributed by atoms with E-state index in [1.807, 2.05) is 4.90 Å². The fraction of sp³-hybridized carbons (Fsp3) is 0.588. The van der Waals surface area contributed by atoms with Crippen LogP contribution in [0.3, 0.4) is 0 Å². The molecule has 1 fully saturated rings. The average Bonchev–Trinajstić information content (AvgIpc) is 3.07. The van der Waals surface area contributed by atoms with Crippen molar-refractivity contribution in [2.24, 2.45) is 0 Å². The van der Waals surface area contributed by atoms with Gasteiger partial charge in [-0.25, -0.2) is 0 Å². The molecule has 0 spiro atoms. The predicted octanol–water partition coefficient (Wildman–Crippen LogP) is -0.0560. The number of carbonyl (C=O) groups is 1. The van der Waals surface area contributed by atoms with Crippen LogP contribution in [-0.4, -0.2) is 86.8 Å². The summed E-state index contributed by atoms with van der Waals surface area (Å²) in [6.45, 7) is 2.17. The Bertz CT molecular complexity index is 609. The number of aliphatic hydroxyl groups is 1. The van der Waals surface area contributed by atoms with E-state index in [0.717, 1.165) is 0 Å². The normalized spacial score (nSPS) is 21.0. The minimum Gasteiger partial charge on any atom is -0.491 e. The Hall–Kier alpha value is -2.03. The van der Waals surface area contributed by atoms with E-state index < -0.39 is 6.10 Å². The van der Waals surface area contributed by atoms with Gasteiger partial charge in [-0.05, 0) is 12.1 Å². The Kier molecular flexibility index (Phi) is 5.62. The number of morpholine rings is 1. The maximum absolute atomic E-state index is 12.2. The van der Waals surface area contributed by atoms with Crippen LogP contribution >= 0.6 is 0 Å². The van der Waals surface area contributed by atoms with Crippen molar-refractivity contribution in [3.8, 4) is 17.2 Å². The molecule has 2 atom stereocenters. The van der Waals surface area contributed by atoms with E-state index in [9.17, 15) is 9.90 Å². The molecule has 2 aliphatic rings. The molecular weight excluding hydrogens is 328 g/mol. The van der Waals surface area contributed by atoms with Gasteiger partial charge in [0, 0.05) is 33.3 Å². The van der Waals surface area contributed by atoms with Crippen LogP contribution in [0.4, 0.5) is 0 Å². The van der Waals surface area contributed by atoms with Gasteiger partial charge < -0.3 is 29.0 Å². The molecule has 1 aromatic rings. The molecule has 0 radical (unpaired) electrons. The number of likely N-dealkylation sites (N-methyl/N-ethyl adjacent to an activating group) is 1. The first-order valence-corrected chi connectivity index (χ1v) is 8.28. The molecule has 1 saturated heterocycles. The van der Waals surface area contributed by atoms with Gasteiger partial charge in [-0.3, -0.25) is 9.69 Å². The lowest BCUT2D eigenvalue weighted by Gasteiger charge is -2.36. The number of nitrogens with zero attached hydrogens (tertiary/aromatic N) is 2. The number of fused-ring (bicyclic) bond motifs is 1. The number of ether oxygens (including phenoxy) is 4. The van der Waals surface area contributed by atoms with Gasteiger partial charge in [-0.15, -0.1) is 0 Å². The molecule has 0 bridgehead atoms. The van der Waals surface area contributed by atoms with Gasteiger partial charge in [0.2, 0.25) is 12.7 Å². The van der Waals surface area contributed by atoms with Gasteiger partial charge in [-0.2, -0.15) is 0 Å². The van der Waals surface area contributed by atoms with E-state index in [2.05, 4.69) is 0 Å². The van der Waals surface area contributed by atoms with Gasteiger partial charge in [0.25, 0.3) is 0 Å². The van der Waals surface area contributed by atoms with E-state index in [1.54, 1.807) is 37.2 Å². The molecular formula is C17H24N2O6. The number of rotatable bonds is 6. The second-order valence-corrected chi connectivity index (χ2v) is 6.30. The molecule has 3 rings (SSSR count). The van der Waals surface area contributed by atoms with Crippen molar-refractivity contribution in [3.63, 3.8) is 0 Å². The third-order valence-electron chi connectivity index (χ3n) is 4.20. The van der Waals surface area contributed by atoms with Crippen LogP contribution < -0.4 is 14.2 Å². The van der Waals surface area contributed by atoms with Crippen LogP contribution in [0, 0.1) is 0 Å². The molecule has 2 unspecified atom stereocenters. The molecule has 0 aromatic heterocycles. The number of carbonyl (C=O) groups excluding carboxylic acids is 1. The van der Waals surface area contributed by atoms with Gasteiger partial charge in [-0.1, -0.05) is 0 Å². The lowest BCUT2D eigenvalue weighted by molar-refractivity contribution is -0.141. The third kappa shape index (κ3) is 4.33. The zero-order valence-electron chi connectivity index (χ0n) is 14.5. The second-order valence-electron chi connectivity index (χ2n) is 6.30. The summed E-state index contributed by atoms with van der Waals surface area (Å²) in [6.07, 6.45) is -0.721. The maximum atomic E-state index is 12.2. The van der Waals surface area contributed by atoms with E-state index in [-0.39, 0.29) is 25.3 Å². The first kappa shape index (κ1) is 17.8. The summed E-state index contributed by atoms with van der Waals surface area (Å²) < 4.78 is 21.6. The number of hydrogen-bond donors (Lipinski definition) is 1. The fourth-order valence-corrected chi connectivity index (χ4v) is 2.86. The first-order valence-electron chi connectivity index (χ1n) is 8.28. The lowest BCUT2D eigenvalue weighted by atomic mass is 10.2. The van der Waals surface area contributed by atoms with Crippen molar-refractivity contribution in [1.82, 2.24) is 9.80 Å². The highest BCUT2D eigenvalue weighted by molar-refractivity contribution is 5.81. The standard InChI is InChI=1S/C17H24N2O6/c1-18(2)17(21)14-10-22-6-5-19(14)8-12(20)9-23-13-3-4-15-16(7-13)25-11-24-15/h3-4,7,12,14,20H,5-6,8-11H2,1-2H3. The monoisotopic (exact) mass is 352 g/mol. The number of hydrogen-bond acceptors (Lipinski definition) is 7.